The number of carbonyl (C=O) groups is 2. The number of benzene rings is 1. The average Bonchev–Trinajstić information content (AvgIpc) is 2.79. The van der Waals surface area contributed by atoms with Gasteiger partial charge >= 0.3 is 24.3 Å². The number of hydrogen-bond acceptors (Lipinski definition) is 5. The fourth-order valence-corrected chi connectivity index (χ4v) is 3.21. The van der Waals surface area contributed by atoms with Gasteiger partial charge in [0.05, 0.1) is 12.7 Å². The van der Waals surface area contributed by atoms with Gasteiger partial charge in [-0.2, -0.15) is 26.3 Å². The molecule has 1 aromatic carbocycles. The van der Waals surface area contributed by atoms with Gasteiger partial charge in [0, 0.05) is 31.4 Å². The van der Waals surface area contributed by atoms with E-state index in [2.05, 4.69) is 47.3 Å². The molecule has 0 amide bonds. The number of alkyl halides is 6. The highest BCUT2D eigenvalue weighted by Gasteiger charge is 2.38. The van der Waals surface area contributed by atoms with Gasteiger partial charge in [0.15, 0.2) is 0 Å². The molecule has 2 heterocycles. The summed E-state index contributed by atoms with van der Waals surface area (Å²) in [5.74, 6) is -4.96. The molecule has 1 fully saturated rings. The van der Waals surface area contributed by atoms with Gasteiger partial charge in [-0.25, -0.2) is 9.59 Å². The van der Waals surface area contributed by atoms with Gasteiger partial charge in [0.2, 0.25) is 0 Å². The van der Waals surface area contributed by atoms with Crippen LogP contribution in [0.3, 0.4) is 0 Å². The SMILES string of the molecule is CN1CC[C@H](OCc2ccncc2)[C@@H](Cc2ccccc2)C1.O=C(O)C(F)(F)F.O=C(O)C(F)(F)F. The van der Waals surface area contributed by atoms with Gasteiger partial charge in [-0.3, -0.25) is 4.98 Å². The lowest BCUT2D eigenvalue weighted by Crippen LogP contribution is -2.43. The number of rotatable bonds is 5. The summed E-state index contributed by atoms with van der Waals surface area (Å²) in [4.78, 5) is 24.3. The van der Waals surface area contributed by atoms with Crippen LogP contribution in [0, 0.1) is 5.92 Å². The van der Waals surface area contributed by atoms with E-state index in [-0.39, 0.29) is 0 Å². The normalized spacial score (nSPS) is 18.2. The van der Waals surface area contributed by atoms with E-state index in [1.54, 1.807) is 0 Å². The van der Waals surface area contributed by atoms with Crippen LogP contribution in [0.25, 0.3) is 0 Å². The number of ether oxygens (including phenoxy) is 1. The molecule has 0 bridgehead atoms. The third-order valence-electron chi connectivity index (χ3n) is 4.91. The van der Waals surface area contributed by atoms with Crippen molar-refractivity contribution < 1.29 is 50.9 Å². The first-order valence-corrected chi connectivity index (χ1v) is 10.5. The maximum atomic E-state index is 10.6. The van der Waals surface area contributed by atoms with Crippen LogP contribution in [0.2, 0.25) is 0 Å². The molecule has 7 nitrogen and oxygen atoms in total. The minimum absolute atomic E-state index is 0.338. The van der Waals surface area contributed by atoms with E-state index in [4.69, 9.17) is 24.5 Å². The van der Waals surface area contributed by atoms with Crippen molar-refractivity contribution in [3.05, 3.63) is 66.0 Å². The maximum absolute atomic E-state index is 10.6. The third kappa shape index (κ3) is 12.5. The van der Waals surface area contributed by atoms with Gasteiger partial charge in [0.25, 0.3) is 0 Å². The Bertz CT molecular complexity index is 902. The molecule has 1 aromatic heterocycles. The zero-order valence-electron chi connectivity index (χ0n) is 19.2. The maximum Gasteiger partial charge on any atom is 0.490 e. The summed E-state index contributed by atoms with van der Waals surface area (Å²) in [6.07, 6.45) is -3.97. The second-order valence-electron chi connectivity index (χ2n) is 7.81. The van der Waals surface area contributed by atoms with Crippen LogP contribution in [-0.4, -0.2) is 70.6 Å². The van der Waals surface area contributed by atoms with Crippen molar-refractivity contribution in [1.29, 1.82) is 0 Å². The van der Waals surface area contributed by atoms with Crippen molar-refractivity contribution in [3.63, 3.8) is 0 Å². The van der Waals surface area contributed by atoms with Gasteiger partial charge < -0.3 is 19.8 Å². The number of aromatic nitrogens is 1. The fraction of sp³-hybridized carbons (Fsp3) is 0.435. The minimum Gasteiger partial charge on any atom is -0.475 e. The Morgan fingerprint density at radius 1 is 0.944 bits per heavy atom. The molecular weight excluding hydrogens is 498 g/mol. The molecule has 0 unspecified atom stereocenters. The molecule has 1 saturated heterocycles. The van der Waals surface area contributed by atoms with Crippen LogP contribution in [-0.2, 0) is 27.4 Å². The molecule has 3 rings (SSSR count). The predicted molar refractivity (Wildman–Crippen MR) is 116 cm³/mol. The Hall–Kier alpha value is -3.19. The van der Waals surface area contributed by atoms with Crippen LogP contribution in [0.15, 0.2) is 54.9 Å². The number of carboxylic acid groups (broad SMARTS) is 2. The summed E-state index contributed by atoms with van der Waals surface area (Å²) in [7, 11) is 2.21. The first kappa shape index (κ1) is 30.8. The fourth-order valence-electron chi connectivity index (χ4n) is 3.21. The number of pyridine rings is 1. The van der Waals surface area contributed by atoms with Crippen LogP contribution in [0.4, 0.5) is 26.3 Å². The number of piperidine rings is 1. The summed E-state index contributed by atoms with van der Waals surface area (Å²) in [5.41, 5.74) is 2.60. The van der Waals surface area contributed by atoms with Crippen molar-refractivity contribution in [2.45, 2.75) is 37.9 Å². The minimum atomic E-state index is -5.08. The molecule has 2 N–H and O–H groups in total. The molecule has 0 aliphatic carbocycles. The van der Waals surface area contributed by atoms with Crippen molar-refractivity contribution in [2.24, 2.45) is 5.92 Å². The monoisotopic (exact) mass is 524 g/mol. The molecule has 2 aromatic rings. The van der Waals surface area contributed by atoms with E-state index in [1.165, 1.54) is 11.1 Å². The van der Waals surface area contributed by atoms with Crippen molar-refractivity contribution in [3.8, 4) is 0 Å². The molecule has 200 valence electrons. The molecule has 13 heteroatoms. The highest BCUT2D eigenvalue weighted by Crippen LogP contribution is 2.24. The first-order valence-electron chi connectivity index (χ1n) is 10.5. The molecule has 0 saturated carbocycles. The third-order valence-corrected chi connectivity index (χ3v) is 4.91. The zero-order valence-corrected chi connectivity index (χ0v) is 19.2. The Kier molecular flexibility index (Phi) is 12.3. The van der Waals surface area contributed by atoms with E-state index in [0.29, 0.717) is 18.6 Å². The number of likely N-dealkylation sites (tertiary alicyclic amines) is 1. The Balaban J connectivity index is 0.000000383. The summed E-state index contributed by atoms with van der Waals surface area (Å²) >= 11 is 0. The molecule has 1 aliphatic rings. The lowest BCUT2D eigenvalue weighted by atomic mass is 9.89. The smallest absolute Gasteiger partial charge is 0.475 e. The average molecular weight is 524 g/mol. The van der Waals surface area contributed by atoms with Crippen molar-refractivity contribution in [2.75, 3.05) is 20.1 Å². The van der Waals surface area contributed by atoms with Crippen LogP contribution >= 0.6 is 0 Å². The van der Waals surface area contributed by atoms with E-state index < -0.39 is 24.3 Å². The van der Waals surface area contributed by atoms with Crippen molar-refractivity contribution in [1.82, 2.24) is 9.88 Å². The van der Waals surface area contributed by atoms with Gasteiger partial charge in [-0.1, -0.05) is 30.3 Å². The highest BCUT2D eigenvalue weighted by molar-refractivity contribution is 5.73. The lowest BCUT2D eigenvalue weighted by molar-refractivity contribution is -0.193. The van der Waals surface area contributed by atoms with Crippen LogP contribution in [0.5, 0.6) is 0 Å². The Labute approximate surface area is 203 Å². The molecule has 0 spiro atoms. The number of halogens is 6. The largest absolute Gasteiger partial charge is 0.490 e. The van der Waals surface area contributed by atoms with Crippen LogP contribution in [0.1, 0.15) is 17.5 Å². The Morgan fingerprint density at radius 3 is 1.92 bits per heavy atom. The van der Waals surface area contributed by atoms with E-state index in [1.807, 2.05) is 24.5 Å². The molecular formula is C23H26F6N2O5. The molecule has 36 heavy (non-hydrogen) atoms. The second kappa shape index (κ2) is 14.4. The van der Waals surface area contributed by atoms with Gasteiger partial charge in [0.1, 0.15) is 0 Å². The number of hydrogen-bond donors (Lipinski definition) is 2. The highest BCUT2D eigenvalue weighted by atomic mass is 19.4. The molecule has 1 aliphatic heterocycles. The van der Waals surface area contributed by atoms with Gasteiger partial charge in [-0.15, -0.1) is 0 Å². The number of nitrogens with zero attached hydrogens (tertiary/aromatic N) is 2. The zero-order chi connectivity index (χ0) is 27.4. The molecule has 0 radical (unpaired) electrons. The number of carboxylic acids is 2. The van der Waals surface area contributed by atoms with E-state index >= 15 is 0 Å². The quantitative estimate of drug-likeness (QED) is 0.559. The lowest BCUT2D eigenvalue weighted by Gasteiger charge is -2.36. The van der Waals surface area contributed by atoms with E-state index in [0.717, 1.165) is 25.9 Å². The number of aliphatic carboxylic acids is 2. The predicted octanol–water partition coefficient (Wildman–Crippen LogP) is 4.43. The topological polar surface area (TPSA) is 100.0 Å². The standard InChI is InChI=1S/C19H24N2O.2C2HF3O2/c1-21-12-9-19(22-15-17-7-10-20-11-8-17)18(14-21)13-16-5-3-2-4-6-16;2*3-2(4,5)1(6)7/h2-8,10-11,18-19H,9,12-15H2,1H3;2*(H,6,7)/t18-,19-;;/m0../s1. The summed E-state index contributed by atoms with van der Waals surface area (Å²) in [5, 5.41) is 14.2. The summed E-state index contributed by atoms with van der Waals surface area (Å²) in [6, 6.07) is 14.8. The van der Waals surface area contributed by atoms with Crippen molar-refractivity contribution >= 4 is 11.9 Å². The summed E-state index contributed by atoms with van der Waals surface area (Å²) < 4.78 is 69.7. The Morgan fingerprint density at radius 2 is 1.44 bits per heavy atom. The first-order chi connectivity index (χ1) is 16.7. The van der Waals surface area contributed by atoms with E-state index in [9.17, 15) is 26.3 Å². The molecule has 2 atom stereocenters. The summed E-state index contributed by atoms with van der Waals surface area (Å²) in [6.45, 7) is 2.91. The van der Waals surface area contributed by atoms with Crippen LogP contribution < -0.4 is 0 Å². The van der Waals surface area contributed by atoms with Gasteiger partial charge in [-0.05, 0) is 43.1 Å². The second-order valence-corrected chi connectivity index (χ2v) is 7.81.